The summed E-state index contributed by atoms with van der Waals surface area (Å²) in [5.74, 6) is 0.0340. The lowest BCUT2D eigenvalue weighted by molar-refractivity contribution is -0.385. The van der Waals surface area contributed by atoms with Gasteiger partial charge in [0, 0.05) is 18.6 Å². The summed E-state index contributed by atoms with van der Waals surface area (Å²) in [6, 6.07) is 11.3. The van der Waals surface area contributed by atoms with Gasteiger partial charge in [-0.05, 0) is 24.3 Å². The van der Waals surface area contributed by atoms with Crippen molar-refractivity contribution in [3.05, 3.63) is 67.8 Å². The van der Waals surface area contributed by atoms with E-state index in [0.29, 0.717) is 6.42 Å². The molecular formula is C17H12N4O6. The highest BCUT2D eigenvalue weighted by Gasteiger charge is 2.17. The quantitative estimate of drug-likeness (QED) is 0.391. The van der Waals surface area contributed by atoms with Crippen molar-refractivity contribution in [2.75, 3.05) is 13.2 Å². The molecule has 0 atom stereocenters. The van der Waals surface area contributed by atoms with Gasteiger partial charge in [0.15, 0.2) is 11.5 Å². The first-order chi connectivity index (χ1) is 13.0. The van der Waals surface area contributed by atoms with E-state index in [0.717, 1.165) is 12.1 Å². The fraction of sp³-hybridized carbons (Fsp3) is 0.176. The van der Waals surface area contributed by atoms with Crippen molar-refractivity contribution in [1.82, 2.24) is 0 Å². The van der Waals surface area contributed by atoms with E-state index < -0.39 is 9.85 Å². The summed E-state index contributed by atoms with van der Waals surface area (Å²) < 4.78 is 10.7. The predicted octanol–water partition coefficient (Wildman–Crippen LogP) is 3.09. The van der Waals surface area contributed by atoms with Crippen molar-refractivity contribution < 1.29 is 19.3 Å². The first-order valence-electron chi connectivity index (χ1n) is 7.59. The van der Waals surface area contributed by atoms with Gasteiger partial charge in [0.1, 0.15) is 0 Å². The van der Waals surface area contributed by atoms with Crippen LogP contribution in [0.2, 0.25) is 0 Å². The van der Waals surface area contributed by atoms with Gasteiger partial charge in [-0.2, -0.15) is 10.5 Å². The zero-order valence-corrected chi connectivity index (χ0v) is 13.8. The Morgan fingerprint density at radius 2 is 1.22 bits per heavy atom. The van der Waals surface area contributed by atoms with Crippen molar-refractivity contribution in [2.24, 2.45) is 0 Å². The van der Waals surface area contributed by atoms with E-state index in [1.807, 2.05) is 12.1 Å². The van der Waals surface area contributed by atoms with Crippen LogP contribution in [0.3, 0.4) is 0 Å². The number of ether oxygens (including phenoxy) is 2. The zero-order valence-electron chi connectivity index (χ0n) is 13.8. The van der Waals surface area contributed by atoms with Crippen molar-refractivity contribution in [2.45, 2.75) is 6.42 Å². The van der Waals surface area contributed by atoms with Crippen LogP contribution in [0.1, 0.15) is 17.5 Å². The van der Waals surface area contributed by atoms with Gasteiger partial charge < -0.3 is 9.47 Å². The fourth-order valence-electron chi connectivity index (χ4n) is 2.13. The molecule has 0 N–H and O–H groups in total. The molecule has 0 amide bonds. The summed E-state index contributed by atoms with van der Waals surface area (Å²) in [5, 5.41) is 39.6. The molecule has 0 spiro atoms. The zero-order chi connectivity index (χ0) is 19.8. The Hall–Kier alpha value is -4.18. The summed E-state index contributed by atoms with van der Waals surface area (Å²) >= 11 is 0. The number of benzene rings is 2. The maximum absolute atomic E-state index is 11.0. The molecule has 2 aromatic rings. The highest BCUT2D eigenvalue weighted by molar-refractivity contribution is 5.52. The largest absolute Gasteiger partial charge is 0.487 e. The van der Waals surface area contributed by atoms with Gasteiger partial charge in [0.05, 0.1) is 46.3 Å². The smallest absolute Gasteiger partial charge is 0.312 e. The molecular weight excluding hydrogens is 356 g/mol. The topological polar surface area (TPSA) is 152 Å². The Kier molecular flexibility index (Phi) is 6.23. The minimum absolute atomic E-state index is 0.0170. The standard InChI is InChI=1S/C17H12N4O6/c18-10-12-2-4-16(14(8-12)20(22)23)26-6-1-7-27-17-5-3-13(11-19)9-15(17)21(24)25/h2-5,8-9H,1,6-7H2. The normalized spacial score (nSPS) is 9.70. The second kappa shape index (κ2) is 8.78. The van der Waals surface area contributed by atoms with E-state index >= 15 is 0 Å². The number of hydrogen-bond acceptors (Lipinski definition) is 8. The lowest BCUT2D eigenvalue weighted by atomic mass is 10.2. The Balaban J connectivity index is 1.94. The number of nitro groups is 2. The number of nitriles is 2. The highest BCUT2D eigenvalue weighted by atomic mass is 16.6. The number of nitrogens with zero attached hydrogens (tertiary/aromatic N) is 4. The fourth-order valence-corrected chi connectivity index (χ4v) is 2.13. The molecule has 10 nitrogen and oxygen atoms in total. The third-order valence-electron chi connectivity index (χ3n) is 3.37. The van der Waals surface area contributed by atoms with E-state index in [4.69, 9.17) is 20.0 Å². The second-order valence-corrected chi connectivity index (χ2v) is 5.15. The minimum Gasteiger partial charge on any atom is -0.487 e. The third-order valence-corrected chi connectivity index (χ3v) is 3.37. The molecule has 136 valence electrons. The Bertz CT molecular complexity index is 883. The maximum Gasteiger partial charge on any atom is 0.312 e. The summed E-state index contributed by atoms with van der Waals surface area (Å²) in [7, 11) is 0. The Morgan fingerprint density at radius 3 is 1.56 bits per heavy atom. The van der Waals surface area contributed by atoms with Gasteiger partial charge in [-0.15, -0.1) is 0 Å². The molecule has 0 aliphatic heterocycles. The Morgan fingerprint density at radius 1 is 0.815 bits per heavy atom. The Labute approximate surface area is 153 Å². The van der Waals surface area contributed by atoms with Gasteiger partial charge in [0.25, 0.3) is 0 Å². The SMILES string of the molecule is N#Cc1ccc(OCCCOc2ccc(C#N)cc2[N+](=O)[O-])c([N+](=O)[O-])c1. The van der Waals surface area contributed by atoms with Crippen LogP contribution in [0.5, 0.6) is 11.5 Å². The number of nitro benzene ring substituents is 2. The molecule has 0 aromatic heterocycles. The van der Waals surface area contributed by atoms with Crippen molar-refractivity contribution in [3.63, 3.8) is 0 Å². The number of hydrogen-bond donors (Lipinski definition) is 0. The van der Waals surface area contributed by atoms with Crippen LogP contribution < -0.4 is 9.47 Å². The molecule has 0 fully saturated rings. The lowest BCUT2D eigenvalue weighted by Gasteiger charge is -2.09. The monoisotopic (exact) mass is 368 g/mol. The summed E-state index contributed by atoms with van der Waals surface area (Å²) in [6.07, 6.45) is 0.300. The molecule has 0 heterocycles. The maximum atomic E-state index is 11.0. The van der Waals surface area contributed by atoms with E-state index in [1.54, 1.807) is 0 Å². The van der Waals surface area contributed by atoms with Crippen LogP contribution in [0, 0.1) is 42.9 Å². The van der Waals surface area contributed by atoms with Gasteiger partial charge in [-0.25, -0.2) is 0 Å². The summed E-state index contributed by atoms with van der Waals surface area (Å²) in [5.41, 5.74) is -0.355. The highest BCUT2D eigenvalue weighted by Crippen LogP contribution is 2.29. The van der Waals surface area contributed by atoms with Crippen molar-refractivity contribution in [1.29, 1.82) is 10.5 Å². The van der Waals surface area contributed by atoms with Gasteiger partial charge in [-0.1, -0.05) is 0 Å². The average Bonchev–Trinajstić information content (AvgIpc) is 2.67. The van der Waals surface area contributed by atoms with Crippen LogP contribution in [-0.2, 0) is 0 Å². The summed E-state index contributed by atoms with van der Waals surface area (Å²) in [6.45, 7) is 0.133. The molecule has 0 radical (unpaired) electrons. The molecule has 2 rings (SSSR count). The molecule has 0 aliphatic rings. The molecule has 0 saturated carbocycles. The molecule has 0 unspecified atom stereocenters. The van der Waals surface area contributed by atoms with Gasteiger partial charge in [-0.3, -0.25) is 20.2 Å². The molecule has 0 aliphatic carbocycles. The first-order valence-corrected chi connectivity index (χ1v) is 7.59. The van der Waals surface area contributed by atoms with Gasteiger partial charge in [0.2, 0.25) is 0 Å². The van der Waals surface area contributed by atoms with Crippen LogP contribution >= 0.6 is 0 Å². The predicted molar refractivity (Wildman–Crippen MR) is 91.2 cm³/mol. The third kappa shape index (κ3) is 4.90. The van der Waals surface area contributed by atoms with Crippen LogP contribution in [0.15, 0.2) is 36.4 Å². The molecule has 27 heavy (non-hydrogen) atoms. The average molecular weight is 368 g/mol. The van der Waals surface area contributed by atoms with Crippen LogP contribution in [0.25, 0.3) is 0 Å². The molecule has 2 aromatic carbocycles. The lowest BCUT2D eigenvalue weighted by Crippen LogP contribution is -2.07. The molecule has 0 bridgehead atoms. The van der Waals surface area contributed by atoms with Crippen molar-refractivity contribution in [3.8, 4) is 23.6 Å². The first kappa shape index (κ1) is 19.1. The number of rotatable bonds is 8. The van der Waals surface area contributed by atoms with E-state index in [9.17, 15) is 20.2 Å². The summed E-state index contributed by atoms with van der Waals surface area (Å²) in [4.78, 5) is 20.8. The van der Waals surface area contributed by atoms with E-state index in [2.05, 4.69) is 0 Å². The van der Waals surface area contributed by atoms with E-state index in [1.165, 1.54) is 24.3 Å². The minimum atomic E-state index is -0.646. The molecule has 0 saturated heterocycles. The van der Waals surface area contributed by atoms with Crippen molar-refractivity contribution >= 4 is 11.4 Å². The molecule has 10 heteroatoms. The van der Waals surface area contributed by atoms with E-state index in [-0.39, 0.29) is 47.2 Å². The van der Waals surface area contributed by atoms with Crippen LogP contribution in [-0.4, -0.2) is 23.1 Å². The second-order valence-electron chi connectivity index (χ2n) is 5.15. The van der Waals surface area contributed by atoms with Crippen LogP contribution in [0.4, 0.5) is 11.4 Å². The van der Waals surface area contributed by atoms with Gasteiger partial charge >= 0.3 is 11.4 Å².